The summed E-state index contributed by atoms with van der Waals surface area (Å²) in [4.78, 5) is 36.0. The van der Waals surface area contributed by atoms with Gasteiger partial charge in [-0.2, -0.15) is 0 Å². The lowest BCUT2D eigenvalue weighted by atomic mass is 10.2. The summed E-state index contributed by atoms with van der Waals surface area (Å²) in [7, 11) is 1.28. The Hall–Kier alpha value is -2.87. The second-order valence-corrected chi connectivity index (χ2v) is 7.23. The van der Waals surface area contributed by atoms with Crippen molar-refractivity contribution in [3.63, 3.8) is 0 Å². The molecule has 2 N–H and O–H groups in total. The molecule has 0 saturated heterocycles. The lowest BCUT2D eigenvalue weighted by Crippen LogP contribution is -2.27. The van der Waals surface area contributed by atoms with E-state index in [4.69, 9.17) is 4.74 Å². The van der Waals surface area contributed by atoms with Crippen LogP contribution in [-0.4, -0.2) is 30.7 Å². The first kappa shape index (κ1) is 19.5. The third-order valence-electron chi connectivity index (χ3n) is 3.08. The molecule has 0 spiro atoms. The Morgan fingerprint density at radius 1 is 1.00 bits per heavy atom. The molecule has 0 atom stereocenters. The van der Waals surface area contributed by atoms with Gasteiger partial charge < -0.3 is 14.8 Å². The van der Waals surface area contributed by atoms with Crippen LogP contribution < -0.4 is 10.6 Å². The first-order valence-corrected chi connectivity index (χ1v) is 8.65. The van der Waals surface area contributed by atoms with Crippen LogP contribution in [0.1, 0.15) is 40.8 Å². The highest BCUT2D eigenvalue weighted by atomic mass is 32.1. The molecule has 2 rings (SSSR count). The normalized spacial score (nSPS) is 10.8. The standard InChI is InChI=1S/C18H20N2O5S/c1-18(2,3)25-17(23)19-12-7-5-11(6-8-12)15(21)20-13-9-10-26-14(13)16(22)24-4/h5-10H,1-4H3,(H,19,23)(H,20,21). The number of benzene rings is 1. The highest BCUT2D eigenvalue weighted by Crippen LogP contribution is 2.24. The zero-order valence-electron chi connectivity index (χ0n) is 14.9. The molecule has 26 heavy (non-hydrogen) atoms. The van der Waals surface area contributed by atoms with Gasteiger partial charge in [0.05, 0.1) is 12.8 Å². The number of hydrogen-bond donors (Lipinski definition) is 2. The van der Waals surface area contributed by atoms with Crippen LogP contribution in [0, 0.1) is 0 Å². The van der Waals surface area contributed by atoms with E-state index in [2.05, 4.69) is 15.4 Å². The number of hydrogen-bond acceptors (Lipinski definition) is 6. The number of esters is 1. The molecule has 0 aliphatic heterocycles. The number of amides is 2. The molecule has 2 amide bonds. The summed E-state index contributed by atoms with van der Waals surface area (Å²) in [5.74, 6) is -0.885. The topological polar surface area (TPSA) is 93.7 Å². The molecule has 0 bridgehead atoms. The molecule has 0 radical (unpaired) electrons. The average molecular weight is 376 g/mol. The van der Waals surface area contributed by atoms with Crippen molar-refractivity contribution in [1.82, 2.24) is 0 Å². The highest BCUT2D eigenvalue weighted by Gasteiger charge is 2.18. The summed E-state index contributed by atoms with van der Waals surface area (Å²) in [6.07, 6.45) is -0.573. The molecule has 7 nitrogen and oxygen atoms in total. The maximum Gasteiger partial charge on any atom is 0.412 e. The van der Waals surface area contributed by atoms with E-state index < -0.39 is 17.7 Å². The summed E-state index contributed by atoms with van der Waals surface area (Å²) in [6.45, 7) is 5.31. The molecule has 138 valence electrons. The Labute approximate surface area is 155 Å². The van der Waals surface area contributed by atoms with Crippen LogP contribution in [0.3, 0.4) is 0 Å². The Bertz CT molecular complexity index is 806. The van der Waals surface area contributed by atoms with E-state index in [0.717, 1.165) is 0 Å². The minimum absolute atomic E-state index is 0.323. The zero-order valence-corrected chi connectivity index (χ0v) is 15.7. The third kappa shape index (κ3) is 5.32. The van der Waals surface area contributed by atoms with Crippen molar-refractivity contribution in [2.45, 2.75) is 26.4 Å². The van der Waals surface area contributed by atoms with Crippen molar-refractivity contribution in [3.8, 4) is 0 Å². The molecule has 1 aromatic heterocycles. The van der Waals surface area contributed by atoms with Gasteiger partial charge in [0.25, 0.3) is 5.91 Å². The van der Waals surface area contributed by atoms with Crippen LogP contribution in [0.2, 0.25) is 0 Å². The molecular formula is C18H20N2O5S. The molecule has 0 unspecified atom stereocenters. The molecule has 8 heteroatoms. The molecule has 1 aromatic carbocycles. The summed E-state index contributed by atoms with van der Waals surface area (Å²) >= 11 is 1.18. The van der Waals surface area contributed by atoms with Crippen LogP contribution in [-0.2, 0) is 9.47 Å². The van der Waals surface area contributed by atoms with Crippen molar-refractivity contribution in [2.24, 2.45) is 0 Å². The van der Waals surface area contributed by atoms with Gasteiger partial charge in [-0.3, -0.25) is 10.1 Å². The van der Waals surface area contributed by atoms with Crippen molar-refractivity contribution in [1.29, 1.82) is 0 Å². The monoisotopic (exact) mass is 376 g/mol. The van der Waals surface area contributed by atoms with E-state index in [1.54, 1.807) is 56.5 Å². The van der Waals surface area contributed by atoms with E-state index in [0.29, 0.717) is 21.8 Å². The second kappa shape index (κ2) is 8.01. The fourth-order valence-electron chi connectivity index (χ4n) is 1.98. The first-order valence-electron chi connectivity index (χ1n) is 7.77. The number of ether oxygens (including phenoxy) is 2. The average Bonchev–Trinajstić information content (AvgIpc) is 3.01. The van der Waals surface area contributed by atoms with E-state index in [9.17, 15) is 14.4 Å². The minimum Gasteiger partial charge on any atom is -0.465 e. The minimum atomic E-state index is -0.595. The van der Waals surface area contributed by atoms with E-state index in [1.807, 2.05) is 0 Å². The molecule has 1 heterocycles. The quantitative estimate of drug-likeness (QED) is 0.783. The van der Waals surface area contributed by atoms with Gasteiger partial charge in [-0.15, -0.1) is 11.3 Å². The summed E-state index contributed by atoms with van der Waals surface area (Å²) in [5, 5.41) is 6.95. The number of methoxy groups -OCH3 is 1. The van der Waals surface area contributed by atoms with E-state index >= 15 is 0 Å². The fraction of sp³-hybridized carbons (Fsp3) is 0.278. The van der Waals surface area contributed by atoms with Gasteiger partial charge in [-0.25, -0.2) is 9.59 Å². The predicted octanol–water partition coefficient (Wildman–Crippen LogP) is 4.13. The largest absolute Gasteiger partial charge is 0.465 e. The van der Waals surface area contributed by atoms with Crippen LogP contribution in [0.25, 0.3) is 0 Å². The predicted molar refractivity (Wildman–Crippen MR) is 99.9 cm³/mol. The molecular weight excluding hydrogens is 356 g/mol. The van der Waals surface area contributed by atoms with Crippen LogP contribution in [0.15, 0.2) is 35.7 Å². The summed E-state index contributed by atoms with van der Waals surface area (Å²) in [5.41, 5.74) is 0.674. The molecule has 0 aliphatic rings. The van der Waals surface area contributed by atoms with Crippen molar-refractivity contribution >= 4 is 40.7 Å². The molecule has 0 aliphatic carbocycles. The van der Waals surface area contributed by atoms with Gasteiger partial charge in [0.2, 0.25) is 0 Å². The summed E-state index contributed by atoms with van der Waals surface area (Å²) < 4.78 is 9.84. The maximum absolute atomic E-state index is 12.3. The number of thiophene rings is 1. The van der Waals surface area contributed by atoms with Gasteiger partial charge in [-0.05, 0) is 56.5 Å². The number of anilines is 2. The Morgan fingerprint density at radius 3 is 2.23 bits per heavy atom. The van der Waals surface area contributed by atoms with Crippen LogP contribution in [0.4, 0.5) is 16.2 Å². The smallest absolute Gasteiger partial charge is 0.412 e. The molecule has 0 fully saturated rings. The summed E-state index contributed by atoms with van der Waals surface area (Å²) in [6, 6.07) is 7.94. The fourth-order valence-corrected chi connectivity index (χ4v) is 2.75. The Morgan fingerprint density at radius 2 is 1.65 bits per heavy atom. The van der Waals surface area contributed by atoms with E-state index in [1.165, 1.54) is 18.4 Å². The second-order valence-electron chi connectivity index (χ2n) is 6.31. The number of nitrogens with one attached hydrogen (secondary N) is 2. The number of rotatable bonds is 4. The van der Waals surface area contributed by atoms with Crippen molar-refractivity contribution in [3.05, 3.63) is 46.2 Å². The highest BCUT2D eigenvalue weighted by molar-refractivity contribution is 7.12. The van der Waals surface area contributed by atoms with Gasteiger partial charge in [0, 0.05) is 11.3 Å². The maximum atomic E-state index is 12.3. The lowest BCUT2D eigenvalue weighted by Gasteiger charge is -2.19. The number of carbonyl (C=O) groups excluding carboxylic acids is 3. The van der Waals surface area contributed by atoms with Gasteiger partial charge in [0.15, 0.2) is 0 Å². The number of carbonyl (C=O) groups is 3. The third-order valence-corrected chi connectivity index (χ3v) is 3.97. The SMILES string of the molecule is COC(=O)c1sccc1NC(=O)c1ccc(NC(=O)OC(C)(C)C)cc1. The molecule has 0 saturated carbocycles. The van der Waals surface area contributed by atoms with Crippen LogP contribution >= 0.6 is 11.3 Å². The first-order chi connectivity index (χ1) is 12.2. The zero-order chi connectivity index (χ0) is 19.3. The van der Waals surface area contributed by atoms with Gasteiger partial charge >= 0.3 is 12.1 Å². The van der Waals surface area contributed by atoms with Crippen molar-refractivity contribution < 1.29 is 23.9 Å². The van der Waals surface area contributed by atoms with E-state index in [-0.39, 0.29) is 5.91 Å². The Balaban J connectivity index is 2.02. The van der Waals surface area contributed by atoms with Gasteiger partial charge in [0.1, 0.15) is 10.5 Å². The molecule has 2 aromatic rings. The Kier molecular flexibility index (Phi) is 5.99. The lowest BCUT2D eigenvalue weighted by molar-refractivity contribution is 0.0604. The van der Waals surface area contributed by atoms with Gasteiger partial charge in [-0.1, -0.05) is 0 Å². The van der Waals surface area contributed by atoms with Crippen LogP contribution in [0.5, 0.6) is 0 Å². The van der Waals surface area contributed by atoms with Crippen molar-refractivity contribution in [2.75, 3.05) is 17.7 Å².